The maximum atomic E-state index is 5.18. The molecule has 0 aromatic heterocycles. The van der Waals surface area contributed by atoms with E-state index in [-0.39, 0.29) is 0 Å². The molecule has 0 bridgehead atoms. The van der Waals surface area contributed by atoms with Crippen molar-refractivity contribution in [2.45, 2.75) is 25.8 Å². The van der Waals surface area contributed by atoms with Gasteiger partial charge in [-0.05, 0) is 18.9 Å². The van der Waals surface area contributed by atoms with E-state index in [1.165, 1.54) is 5.56 Å². The number of rotatable bonds is 5. The highest BCUT2D eigenvalue weighted by atomic mass is 14.9. The summed E-state index contributed by atoms with van der Waals surface area (Å²) in [6.45, 7) is 3.09. The van der Waals surface area contributed by atoms with Gasteiger partial charge in [0.05, 0.1) is 0 Å². The first kappa shape index (κ1) is 10.8. The van der Waals surface area contributed by atoms with Gasteiger partial charge in [0.25, 0.3) is 0 Å². The molecule has 1 N–H and O–H groups in total. The van der Waals surface area contributed by atoms with Crippen molar-refractivity contribution in [2.75, 3.05) is 6.54 Å². The highest BCUT2D eigenvalue weighted by Gasteiger charge is 2.00. The van der Waals surface area contributed by atoms with E-state index in [1.54, 1.807) is 0 Å². The molecule has 1 atom stereocenters. The highest BCUT2D eigenvalue weighted by Crippen LogP contribution is 2.02. The lowest BCUT2D eigenvalue weighted by Gasteiger charge is -2.12. The zero-order chi connectivity index (χ0) is 10.2. The van der Waals surface area contributed by atoms with E-state index >= 15 is 0 Å². The predicted octanol–water partition coefficient (Wildman–Crippen LogP) is 2.23. The van der Waals surface area contributed by atoms with Crippen molar-refractivity contribution in [3.8, 4) is 12.3 Å². The van der Waals surface area contributed by atoms with Gasteiger partial charge in [0, 0.05) is 19.0 Å². The molecule has 0 saturated carbocycles. The first-order valence-electron chi connectivity index (χ1n) is 5.03. The maximum absolute atomic E-state index is 5.18. The minimum Gasteiger partial charge on any atom is -0.313 e. The van der Waals surface area contributed by atoms with E-state index in [0.29, 0.717) is 6.04 Å². The number of benzene rings is 1. The van der Waals surface area contributed by atoms with Gasteiger partial charge in [-0.3, -0.25) is 0 Å². The molecule has 1 nitrogen and oxygen atoms in total. The smallest absolute Gasteiger partial charge is 0.0211 e. The molecule has 1 heteroatoms. The second-order valence-corrected chi connectivity index (χ2v) is 3.50. The third-order valence-corrected chi connectivity index (χ3v) is 2.15. The van der Waals surface area contributed by atoms with Crippen LogP contribution in [0.4, 0.5) is 0 Å². The number of terminal acetylenes is 1. The van der Waals surface area contributed by atoms with Gasteiger partial charge in [-0.25, -0.2) is 0 Å². The quantitative estimate of drug-likeness (QED) is 0.550. The molecule has 1 aromatic carbocycles. The number of nitrogens with one attached hydrogen (secondary N) is 1. The first-order valence-corrected chi connectivity index (χ1v) is 5.03. The molecular formula is C13H17N. The molecule has 74 valence electrons. The Labute approximate surface area is 86.5 Å². The second kappa shape index (κ2) is 6.23. The van der Waals surface area contributed by atoms with Crippen LogP contribution in [0.1, 0.15) is 18.9 Å². The monoisotopic (exact) mass is 187 g/mol. The van der Waals surface area contributed by atoms with Crippen LogP contribution in [-0.4, -0.2) is 12.6 Å². The van der Waals surface area contributed by atoms with E-state index in [9.17, 15) is 0 Å². The normalized spacial score (nSPS) is 12.0. The Kier molecular flexibility index (Phi) is 4.82. The molecule has 0 amide bonds. The summed E-state index contributed by atoms with van der Waals surface area (Å²) >= 11 is 0. The first-order chi connectivity index (χ1) is 6.83. The summed E-state index contributed by atoms with van der Waals surface area (Å²) in [4.78, 5) is 0. The number of hydrogen-bond acceptors (Lipinski definition) is 1. The summed E-state index contributed by atoms with van der Waals surface area (Å²) < 4.78 is 0. The van der Waals surface area contributed by atoms with E-state index < -0.39 is 0 Å². The molecular weight excluding hydrogens is 170 g/mol. The third-order valence-electron chi connectivity index (χ3n) is 2.15. The number of hydrogen-bond donors (Lipinski definition) is 1. The minimum absolute atomic E-state index is 0.491. The van der Waals surface area contributed by atoms with Crippen LogP contribution in [0.15, 0.2) is 30.3 Å². The lowest BCUT2D eigenvalue weighted by Crippen LogP contribution is -2.28. The average Bonchev–Trinajstić information content (AvgIpc) is 2.20. The Morgan fingerprint density at radius 3 is 2.71 bits per heavy atom. The van der Waals surface area contributed by atoms with Gasteiger partial charge < -0.3 is 5.32 Å². The van der Waals surface area contributed by atoms with Crippen molar-refractivity contribution in [2.24, 2.45) is 0 Å². The van der Waals surface area contributed by atoms with Gasteiger partial charge in [-0.15, -0.1) is 12.3 Å². The molecule has 1 unspecified atom stereocenters. The average molecular weight is 187 g/mol. The molecule has 1 aromatic rings. The topological polar surface area (TPSA) is 12.0 Å². The van der Waals surface area contributed by atoms with Crippen molar-refractivity contribution in [3.05, 3.63) is 35.9 Å². The van der Waals surface area contributed by atoms with Crippen molar-refractivity contribution in [1.82, 2.24) is 5.32 Å². The van der Waals surface area contributed by atoms with Crippen LogP contribution < -0.4 is 5.32 Å². The summed E-state index contributed by atoms with van der Waals surface area (Å²) in [6.07, 6.45) is 7.04. The largest absolute Gasteiger partial charge is 0.313 e. The summed E-state index contributed by atoms with van der Waals surface area (Å²) in [5, 5.41) is 3.39. The Morgan fingerprint density at radius 1 is 1.36 bits per heavy atom. The van der Waals surface area contributed by atoms with Gasteiger partial charge in [0.15, 0.2) is 0 Å². The zero-order valence-corrected chi connectivity index (χ0v) is 8.66. The molecule has 0 radical (unpaired) electrons. The predicted molar refractivity (Wildman–Crippen MR) is 61.1 cm³/mol. The van der Waals surface area contributed by atoms with E-state index in [0.717, 1.165) is 19.4 Å². The van der Waals surface area contributed by atoms with Crippen LogP contribution in [0.25, 0.3) is 0 Å². The van der Waals surface area contributed by atoms with E-state index in [1.807, 2.05) is 6.07 Å². The van der Waals surface area contributed by atoms with Crippen molar-refractivity contribution < 1.29 is 0 Å². The molecule has 1 rings (SSSR count). The zero-order valence-electron chi connectivity index (χ0n) is 8.66. The Morgan fingerprint density at radius 2 is 2.07 bits per heavy atom. The lowest BCUT2D eigenvalue weighted by atomic mass is 10.1. The van der Waals surface area contributed by atoms with Crippen LogP contribution in [0.5, 0.6) is 0 Å². The van der Waals surface area contributed by atoms with Crippen LogP contribution in [0.2, 0.25) is 0 Å². The van der Waals surface area contributed by atoms with Crippen LogP contribution in [-0.2, 0) is 6.42 Å². The van der Waals surface area contributed by atoms with Gasteiger partial charge >= 0.3 is 0 Å². The van der Waals surface area contributed by atoms with Crippen LogP contribution in [0.3, 0.4) is 0 Å². The molecule has 14 heavy (non-hydrogen) atoms. The van der Waals surface area contributed by atoms with Gasteiger partial charge in [-0.1, -0.05) is 30.3 Å². The summed E-state index contributed by atoms with van der Waals surface area (Å²) in [5.74, 6) is 2.62. The Bertz CT molecular complexity index is 284. The molecule has 0 aliphatic heterocycles. The fourth-order valence-electron chi connectivity index (χ4n) is 1.43. The summed E-state index contributed by atoms with van der Waals surface area (Å²) in [5.41, 5.74) is 1.37. The summed E-state index contributed by atoms with van der Waals surface area (Å²) in [7, 11) is 0. The molecule has 0 fully saturated rings. The van der Waals surface area contributed by atoms with E-state index in [2.05, 4.69) is 42.4 Å². The second-order valence-electron chi connectivity index (χ2n) is 3.50. The van der Waals surface area contributed by atoms with Crippen LogP contribution >= 0.6 is 0 Å². The standard InChI is InChI=1S/C13H17N/c1-3-4-10-14-12(2)11-13-8-6-5-7-9-13/h1,5-9,12,14H,4,10-11H2,2H3. The van der Waals surface area contributed by atoms with Crippen molar-refractivity contribution in [1.29, 1.82) is 0 Å². The van der Waals surface area contributed by atoms with Crippen molar-refractivity contribution >= 4 is 0 Å². The summed E-state index contributed by atoms with van der Waals surface area (Å²) in [6, 6.07) is 11.0. The van der Waals surface area contributed by atoms with Gasteiger partial charge in [0.1, 0.15) is 0 Å². The fraction of sp³-hybridized carbons (Fsp3) is 0.385. The SMILES string of the molecule is C#CCCNC(C)Cc1ccccc1. The van der Waals surface area contributed by atoms with E-state index in [4.69, 9.17) is 6.42 Å². The lowest BCUT2D eigenvalue weighted by molar-refractivity contribution is 0.554. The van der Waals surface area contributed by atoms with Gasteiger partial charge in [0.2, 0.25) is 0 Å². The van der Waals surface area contributed by atoms with Crippen LogP contribution in [0, 0.1) is 12.3 Å². The molecule has 0 heterocycles. The highest BCUT2D eigenvalue weighted by molar-refractivity contribution is 5.15. The molecule has 0 saturated heterocycles. The third kappa shape index (κ3) is 4.11. The molecule has 0 aliphatic rings. The molecule has 0 aliphatic carbocycles. The Hall–Kier alpha value is -1.26. The van der Waals surface area contributed by atoms with Crippen molar-refractivity contribution in [3.63, 3.8) is 0 Å². The maximum Gasteiger partial charge on any atom is 0.0211 e. The fourth-order valence-corrected chi connectivity index (χ4v) is 1.43. The molecule has 0 spiro atoms. The van der Waals surface area contributed by atoms with Gasteiger partial charge in [-0.2, -0.15) is 0 Å². The minimum atomic E-state index is 0.491. The Balaban J connectivity index is 2.28.